The molecule has 0 atom stereocenters. The first kappa shape index (κ1) is 8.74. The second-order valence-corrected chi connectivity index (χ2v) is 3.00. The summed E-state index contributed by atoms with van der Waals surface area (Å²) in [6.07, 6.45) is 1.74. The summed E-state index contributed by atoms with van der Waals surface area (Å²) >= 11 is 0. The Bertz CT molecular complexity index is 462. The van der Waals surface area contributed by atoms with Gasteiger partial charge in [-0.3, -0.25) is 0 Å². The first-order valence-corrected chi connectivity index (χ1v) is 4.25. The Kier molecular flexibility index (Phi) is 1.96. The number of fused-ring (bicyclic) bond motifs is 1. The van der Waals surface area contributed by atoms with Crippen LogP contribution in [0.5, 0.6) is 11.5 Å². The quantitative estimate of drug-likeness (QED) is 0.762. The van der Waals surface area contributed by atoms with Crippen molar-refractivity contribution < 1.29 is 9.47 Å². The van der Waals surface area contributed by atoms with Gasteiger partial charge in [-0.15, -0.1) is 0 Å². The van der Waals surface area contributed by atoms with E-state index in [2.05, 4.69) is 4.98 Å². The van der Waals surface area contributed by atoms with Crippen molar-refractivity contribution >= 4 is 16.6 Å². The predicted molar refractivity (Wildman–Crippen MR) is 55.8 cm³/mol. The van der Waals surface area contributed by atoms with Gasteiger partial charge in [0.15, 0.2) is 0 Å². The van der Waals surface area contributed by atoms with Gasteiger partial charge in [-0.2, -0.15) is 0 Å². The third-order valence-electron chi connectivity index (χ3n) is 2.20. The highest BCUT2D eigenvalue weighted by Crippen LogP contribution is 2.34. The van der Waals surface area contributed by atoms with Crippen molar-refractivity contribution in [3.8, 4) is 11.5 Å². The molecule has 0 saturated heterocycles. The third kappa shape index (κ3) is 1.16. The van der Waals surface area contributed by atoms with Crippen LogP contribution in [0, 0.1) is 0 Å². The monoisotopic (exact) mass is 192 g/mol. The average molecular weight is 192 g/mol. The molecule has 0 saturated carbocycles. The van der Waals surface area contributed by atoms with E-state index in [4.69, 9.17) is 15.2 Å². The SMILES string of the molecule is COc1cc(OC)c2c(N)c[nH]c2c1. The Morgan fingerprint density at radius 3 is 2.64 bits per heavy atom. The standard InChI is InChI=1S/C10H12N2O2/c1-13-6-3-8-10(7(11)5-12-8)9(4-6)14-2/h3-5,12H,11H2,1-2H3. The molecule has 0 fully saturated rings. The molecule has 0 aliphatic carbocycles. The number of benzene rings is 1. The number of nitrogen functional groups attached to an aromatic ring is 1. The van der Waals surface area contributed by atoms with Crippen LogP contribution in [0.15, 0.2) is 18.3 Å². The number of rotatable bonds is 2. The van der Waals surface area contributed by atoms with Crippen LogP contribution < -0.4 is 15.2 Å². The molecule has 0 bridgehead atoms. The summed E-state index contributed by atoms with van der Waals surface area (Å²) in [5, 5.41) is 0.897. The van der Waals surface area contributed by atoms with Crippen LogP contribution in [-0.2, 0) is 0 Å². The molecule has 3 N–H and O–H groups in total. The van der Waals surface area contributed by atoms with Gasteiger partial charge in [0, 0.05) is 18.3 Å². The lowest BCUT2D eigenvalue weighted by Crippen LogP contribution is -1.89. The highest BCUT2D eigenvalue weighted by Gasteiger charge is 2.09. The number of ether oxygens (including phenoxy) is 2. The Morgan fingerprint density at radius 2 is 2.00 bits per heavy atom. The maximum Gasteiger partial charge on any atom is 0.134 e. The van der Waals surface area contributed by atoms with Gasteiger partial charge < -0.3 is 20.2 Å². The van der Waals surface area contributed by atoms with Crippen molar-refractivity contribution in [2.24, 2.45) is 0 Å². The van der Waals surface area contributed by atoms with E-state index in [1.807, 2.05) is 12.1 Å². The number of aromatic nitrogens is 1. The van der Waals surface area contributed by atoms with E-state index in [0.717, 1.165) is 22.4 Å². The first-order valence-electron chi connectivity index (χ1n) is 4.25. The van der Waals surface area contributed by atoms with Crippen LogP contribution in [0.2, 0.25) is 0 Å². The summed E-state index contributed by atoms with van der Waals surface area (Å²) in [5.41, 5.74) is 7.39. The molecule has 0 radical (unpaired) electrons. The number of H-pyrrole nitrogens is 1. The molecule has 0 aliphatic rings. The Balaban J connectivity index is 2.76. The topological polar surface area (TPSA) is 60.3 Å². The average Bonchev–Trinajstić information content (AvgIpc) is 2.59. The van der Waals surface area contributed by atoms with Gasteiger partial charge in [0.1, 0.15) is 11.5 Å². The second-order valence-electron chi connectivity index (χ2n) is 3.00. The van der Waals surface area contributed by atoms with Gasteiger partial charge in [0.2, 0.25) is 0 Å². The molecule has 2 rings (SSSR count). The Hall–Kier alpha value is -1.84. The lowest BCUT2D eigenvalue weighted by Gasteiger charge is -2.06. The van der Waals surface area contributed by atoms with Crippen LogP contribution in [-0.4, -0.2) is 19.2 Å². The number of nitrogens with one attached hydrogen (secondary N) is 1. The molecule has 74 valence electrons. The molecule has 0 spiro atoms. The maximum atomic E-state index is 5.79. The van der Waals surface area contributed by atoms with Crippen molar-refractivity contribution in [3.05, 3.63) is 18.3 Å². The summed E-state index contributed by atoms with van der Waals surface area (Å²) in [6, 6.07) is 3.70. The molecule has 0 unspecified atom stereocenters. The molecule has 14 heavy (non-hydrogen) atoms. The highest BCUT2D eigenvalue weighted by molar-refractivity contribution is 5.97. The minimum absolute atomic E-state index is 0.680. The number of hydrogen-bond acceptors (Lipinski definition) is 3. The normalized spacial score (nSPS) is 10.4. The van der Waals surface area contributed by atoms with E-state index in [-0.39, 0.29) is 0 Å². The van der Waals surface area contributed by atoms with E-state index < -0.39 is 0 Å². The zero-order valence-electron chi connectivity index (χ0n) is 8.13. The fraction of sp³-hybridized carbons (Fsp3) is 0.200. The maximum absolute atomic E-state index is 5.79. The van der Waals surface area contributed by atoms with Crippen LogP contribution in [0.4, 0.5) is 5.69 Å². The van der Waals surface area contributed by atoms with Gasteiger partial charge >= 0.3 is 0 Å². The van der Waals surface area contributed by atoms with Gasteiger partial charge in [0.05, 0.1) is 30.8 Å². The van der Waals surface area contributed by atoms with E-state index >= 15 is 0 Å². The number of methoxy groups -OCH3 is 2. The van der Waals surface area contributed by atoms with E-state index in [1.54, 1.807) is 20.4 Å². The van der Waals surface area contributed by atoms with Gasteiger partial charge in [-0.05, 0) is 0 Å². The van der Waals surface area contributed by atoms with Gasteiger partial charge in [-0.1, -0.05) is 0 Å². The Labute approximate surface area is 81.6 Å². The first-order chi connectivity index (χ1) is 6.76. The van der Waals surface area contributed by atoms with E-state index in [0.29, 0.717) is 5.69 Å². The predicted octanol–water partition coefficient (Wildman–Crippen LogP) is 1.77. The van der Waals surface area contributed by atoms with Crippen LogP contribution in [0.1, 0.15) is 0 Å². The molecule has 0 aliphatic heterocycles. The summed E-state index contributed by atoms with van der Waals surface area (Å²) < 4.78 is 10.4. The molecule has 1 aromatic carbocycles. The van der Waals surface area contributed by atoms with Gasteiger partial charge in [-0.25, -0.2) is 0 Å². The summed E-state index contributed by atoms with van der Waals surface area (Å²) in [4.78, 5) is 3.05. The zero-order valence-corrected chi connectivity index (χ0v) is 8.13. The van der Waals surface area contributed by atoms with Crippen LogP contribution in [0.25, 0.3) is 10.9 Å². The third-order valence-corrected chi connectivity index (χ3v) is 2.20. The van der Waals surface area contributed by atoms with Crippen molar-refractivity contribution in [3.63, 3.8) is 0 Å². The van der Waals surface area contributed by atoms with Crippen LogP contribution >= 0.6 is 0 Å². The Morgan fingerprint density at radius 1 is 1.21 bits per heavy atom. The molecule has 1 aromatic heterocycles. The molecular weight excluding hydrogens is 180 g/mol. The summed E-state index contributed by atoms with van der Waals surface area (Å²) in [6.45, 7) is 0. The number of nitrogens with two attached hydrogens (primary N) is 1. The smallest absolute Gasteiger partial charge is 0.134 e. The molecule has 4 nitrogen and oxygen atoms in total. The van der Waals surface area contributed by atoms with Crippen molar-refractivity contribution in [1.29, 1.82) is 0 Å². The number of aromatic amines is 1. The van der Waals surface area contributed by atoms with Crippen LogP contribution in [0.3, 0.4) is 0 Å². The lowest BCUT2D eigenvalue weighted by molar-refractivity contribution is 0.398. The number of anilines is 1. The lowest BCUT2D eigenvalue weighted by atomic mass is 10.2. The van der Waals surface area contributed by atoms with E-state index in [9.17, 15) is 0 Å². The fourth-order valence-electron chi connectivity index (χ4n) is 1.51. The largest absolute Gasteiger partial charge is 0.497 e. The summed E-state index contributed by atoms with van der Waals surface area (Å²) in [5.74, 6) is 1.47. The summed E-state index contributed by atoms with van der Waals surface area (Å²) in [7, 11) is 3.23. The van der Waals surface area contributed by atoms with Crippen molar-refractivity contribution in [2.75, 3.05) is 20.0 Å². The molecular formula is C10H12N2O2. The van der Waals surface area contributed by atoms with Crippen molar-refractivity contribution in [1.82, 2.24) is 4.98 Å². The van der Waals surface area contributed by atoms with E-state index in [1.165, 1.54) is 0 Å². The fourth-order valence-corrected chi connectivity index (χ4v) is 1.51. The minimum atomic E-state index is 0.680. The molecule has 4 heteroatoms. The van der Waals surface area contributed by atoms with Crippen molar-refractivity contribution in [2.45, 2.75) is 0 Å². The molecule has 1 heterocycles. The zero-order chi connectivity index (χ0) is 10.1. The molecule has 2 aromatic rings. The van der Waals surface area contributed by atoms with Gasteiger partial charge in [0.25, 0.3) is 0 Å². The second kappa shape index (κ2) is 3.14. The minimum Gasteiger partial charge on any atom is -0.497 e. The highest BCUT2D eigenvalue weighted by atomic mass is 16.5. The number of hydrogen-bond donors (Lipinski definition) is 2. The molecule has 0 amide bonds.